The number of rotatable bonds is 16. The van der Waals surface area contributed by atoms with E-state index in [-0.39, 0.29) is 0 Å². The molecule has 0 spiro atoms. The monoisotopic (exact) mass is 353 g/mol. The van der Waals surface area contributed by atoms with Crippen LogP contribution in [0.4, 0.5) is 0 Å². The molecule has 6 atom stereocenters. The Morgan fingerprint density at radius 1 is 0.600 bits per heavy atom. The molecular formula is C24H51N. The lowest BCUT2D eigenvalue weighted by molar-refractivity contribution is 0.261. The van der Waals surface area contributed by atoms with Crippen LogP contribution in [0.2, 0.25) is 0 Å². The Morgan fingerprint density at radius 2 is 1.20 bits per heavy atom. The smallest absolute Gasteiger partial charge is 0.00105 e. The third-order valence-electron chi connectivity index (χ3n) is 6.55. The maximum atomic E-state index is 5.95. The Kier molecular flexibility index (Phi) is 15.0. The molecule has 0 amide bonds. The first-order chi connectivity index (χ1) is 11.8. The van der Waals surface area contributed by atoms with Gasteiger partial charge in [-0.25, -0.2) is 0 Å². The average Bonchev–Trinajstić information content (AvgIpc) is 2.55. The van der Waals surface area contributed by atoms with E-state index in [0.29, 0.717) is 6.04 Å². The first-order valence-corrected chi connectivity index (χ1v) is 11.6. The molecule has 0 fully saturated rings. The lowest BCUT2D eigenvalue weighted by Crippen LogP contribution is -2.19. The van der Waals surface area contributed by atoms with Gasteiger partial charge < -0.3 is 5.73 Å². The van der Waals surface area contributed by atoms with E-state index in [1.54, 1.807) is 0 Å². The van der Waals surface area contributed by atoms with Crippen LogP contribution in [0.1, 0.15) is 119 Å². The highest BCUT2D eigenvalue weighted by Crippen LogP contribution is 2.30. The van der Waals surface area contributed by atoms with Crippen molar-refractivity contribution in [1.82, 2.24) is 0 Å². The summed E-state index contributed by atoms with van der Waals surface area (Å²) in [6.07, 6.45) is 15.1. The molecule has 0 radical (unpaired) electrons. The summed E-state index contributed by atoms with van der Waals surface area (Å²) in [5, 5.41) is 0. The molecule has 0 bridgehead atoms. The fraction of sp³-hybridized carbons (Fsp3) is 1.00. The number of unbranched alkanes of at least 4 members (excludes halogenated alkanes) is 1. The molecule has 6 unspecified atom stereocenters. The lowest BCUT2D eigenvalue weighted by Gasteiger charge is -2.26. The minimum Gasteiger partial charge on any atom is -0.328 e. The van der Waals surface area contributed by atoms with Crippen molar-refractivity contribution in [2.24, 2.45) is 35.3 Å². The Bertz CT molecular complexity index is 286. The number of nitrogens with two attached hydrogens (primary N) is 1. The molecule has 25 heavy (non-hydrogen) atoms. The van der Waals surface area contributed by atoms with Crippen LogP contribution in [0.25, 0.3) is 0 Å². The van der Waals surface area contributed by atoms with Crippen LogP contribution in [0.5, 0.6) is 0 Å². The van der Waals surface area contributed by atoms with E-state index in [1.807, 2.05) is 0 Å². The second-order valence-corrected chi connectivity index (χ2v) is 9.45. The summed E-state index contributed by atoms with van der Waals surface area (Å²) in [7, 11) is 0. The summed E-state index contributed by atoms with van der Waals surface area (Å²) in [5.41, 5.74) is 5.95. The van der Waals surface area contributed by atoms with Crippen molar-refractivity contribution in [3.63, 3.8) is 0 Å². The first kappa shape index (κ1) is 25.0. The Hall–Kier alpha value is -0.0400. The highest BCUT2D eigenvalue weighted by Gasteiger charge is 2.18. The molecule has 1 nitrogen and oxygen atoms in total. The molecule has 0 saturated carbocycles. The first-order valence-electron chi connectivity index (χ1n) is 11.6. The van der Waals surface area contributed by atoms with Gasteiger partial charge in [-0.1, -0.05) is 92.9 Å². The van der Waals surface area contributed by atoms with E-state index in [2.05, 4.69) is 48.5 Å². The van der Waals surface area contributed by atoms with Gasteiger partial charge in [0.2, 0.25) is 0 Å². The van der Waals surface area contributed by atoms with Crippen molar-refractivity contribution in [2.45, 2.75) is 125 Å². The average molecular weight is 354 g/mol. The topological polar surface area (TPSA) is 26.0 Å². The largest absolute Gasteiger partial charge is 0.328 e. The fourth-order valence-corrected chi connectivity index (χ4v) is 4.48. The molecule has 0 aromatic rings. The molecule has 152 valence electrons. The van der Waals surface area contributed by atoms with E-state index < -0.39 is 0 Å². The van der Waals surface area contributed by atoms with Crippen LogP contribution in [0, 0.1) is 29.6 Å². The quantitative estimate of drug-likeness (QED) is 0.281. The van der Waals surface area contributed by atoms with Crippen molar-refractivity contribution in [1.29, 1.82) is 0 Å². The predicted octanol–water partition coefficient (Wildman–Crippen LogP) is 7.83. The van der Waals surface area contributed by atoms with Gasteiger partial charge in [-0.3, -0.25) is 0 Å². The molecule has 0 heterocycles. The van der Waals surface area contributed by atoms with Gasteiger partial charge >= 0.3 is 0 Å². The molecule has 0 rings (SSSR count). The third kappa shape index (κ3) is 12.9. The van der Waals surface area contributed by atoms with Gasteiger partial charge in [-0.15, -0.1) is 0 Å². The SMILES string of the molecule is CCCC(C)CC(C)C(C)CCCCC(CCC)C(C)CCC(C)N. The maximum Gasteiger partial charge on any atom is 0.00105 e. The molecule has 0 aromatic heterocycles. The zero-order valence-corrected chi connectivity index (χ0v) is 18.8. The molecular weight excluding hydrogens is 302 g/mol. The van der Waals surface area contributed by atoms with Crippen molar-refractivity contribution < 1.29 is 0 Å². The summed E-state index contributed by atoms with van der Waals surface area (Å²) in [6.45, 7) is 16.7. The molecule has 1 heteroatoms. The van der Waals surface area contributed by atoms with E-state index in [1.165, 1.54) is 70.6 Å². The summed E-state index contributed by atoms with van der Waals surface area (Å²) in [5.74, 6) is 4.44. The van der Waals surface area contributed by atoms with Gasteiger partial charge in [0.25, 0.3) is 0 Å². The molecule has 2 N–H and O–H groups in total. The Morgan fingerprint density at radius 3 is 1.76 bits per heavy atom. The minimum absolute atomic E-state index is 0.363. The zero-order valence-electron chi connectivity index (χ0n) is 18.8. The summed E-state index contributed by atoms with van der Waals surface area (Å²) in [6, 6.07) is 0.363. The van der Waals surface area contributed by atoms with Gasteiger partial charge in [-0.2, -0.15) is 0 Å². The van der Waals surface area contributed by atoms with Gasteiger partial charge in [0.05, 0.1) is 0 Å². The molecule has 0 aliphatic carbocycles. The minimum atomic E-state index is 0.363. The molecule has 0 saturated heterocycles. The van der Waals surface area contributed by atoms with Gasteiger partial charge in [0.1, 0.15) is 0 Å². The standard InChI is InChI=1S/C24H51N/c1-8-12-19(3)18-22(6)20(4)14-10-11-15-24(13-9-2)21(5)16-17-23(7)25/h19-24H,8-18,25H2,1-7H3. The van der Waals surface area contributed by atoms with E-state index >= 15 is 0 Å². The van der Waals surface area contributed by atoms with Crippen molar-refractivity contribution in [2.75, 3.05) is 0 Å². The van der Waals surface area contributed by atoms with Crippen molar-refractivity contribution >= 4 is 0 Å². The molecule has 0 aliphatic rings. The predicted molar refractivity (Wildman–Crippen MR) is 116 cm³/mol. The van der Waals surface area contributed by atoms with E-state index in [9.17, 15) is 0 Å². The zero-order chi connectivity index (χ0) is 19.2. The van der Waals surface area contributed by atoms with Crippen LogP contribution >= 0.6 is 0 Å². The van der Waals surface area contributed by atoms with Crippen LogP contribution in [0.3, 0.4) is 0 Å². The van der Waals surface area contributed by atoms with Crippen LogP contribution in [-0.4, -0.2) is 6.04 Å². The lowest BCUT2D eigenvalue weighted by atomic mass is 9.80. The summed E-state index contributed by atoms with van der Waals surface area (Å²) >= 11 is 0. The van der Waals surface area contributed by atoms with Crippen LogP contribution in [-0.2, 0) is 0 Å². The van der Waals surface area contributed by atoms with Crippen molar-refractivity contribution in [3.05, 3.63) is 0 Å². The van der Waals surface area contributed by atoms with Crippen molar-refractivity contribution in [3.8, 4) is 0 Å². The second-order valence-electron chi connectivity index (χ2n) is 9.45. The Labute approximate surface area is 160 Å². The maximum absolute atomic E-state index is 5.95. The van der Waals surface area contributed by atoms with Crippen LogP contribution in [0.15, 0.2) is 0 Å². The third-order valence-corrected chi connectivity index (χ3v) is 6.55. The fourth-order valence-electron chi connectivity index (χ4n) is 4.48. The normalized spacial score (nSPS) is 19.2. The van der Waals surface area contributed by atoms with Gasteiger partial charge in [0, 0.05) is 6.04 Å². The Balaban J connectivity index is 4.06. The highest BCUT2D eigenvalue weighted by molar-refractivity contribution is 4.70. The number of hydrogen-bond acceptors (Lipinski definition) is 1. The molecule has 0 aliphatic heterocycles. The van der Waals surface area contributed by atoms with E-state index in [4.69, 9.17) is 5.73 Å². The highest BCUT2D eigenvalue weighted by atomic mass is 14.6. The van der Waals surface area contributed by atoms with Crippen LogP contribution < -0.4 is 5.73 Å². The molecule has 0 aromatic carbocycles. The van der Waals surface area contributed by atoms with Gasteiger partial charge in [-0.05, 0) is 55.8 Å². The number of hydrogen-bond donors (Lipinski definition) is 1. The second kappa shape index (κ2) is 15.1. The van der Waals surface area contributed by atoms with Gasteiger partial charge in [0.15, 0.2) is 0 Å². The summed E-state index contributed by atoms with van der Waals surface area (Å²) < 4.78 is 0. The summed E-state index contributed by atoms with van der Waals surface area (Å²) in [4.78, 5) is 0. The van der Waals surface area contributed by atoms with E-state index in [0.717, 1.165) is 29.6 Å².